The molecule has 0 saturated heterocycles. The largest absolute Gasteiger partial charge is 0.475 e. The van der Waals surface area contributed by atoms with E-state index in [2.05, 4.69) is 17.0 Å². The van der Waals surface area contributed by atoms with E-state index in [1.807, 2.05) is 25.2 Å². The predicted molar refractivity (Wildman–Crippen MR) is 72.1 cm³/mol. The minimum atomic E-state index is -1.02. The molecule has 1 N–H and O–H groups in total. The molecule has 0 atom stereocenters. The molecule has 19 heavy (non-hydrogen) atoms. The number of furan rings is 1. The summed E-state index contributed by atoms with van der Waals surface area (Å²) in [6.45, 7) is 1.44. The van der Waals surface area contributed by atoms with Crippen molar-refractivity contribution in [3.63, 3.8) is 0 Å². The van der Waals surface area contributed by atoms with E-state index in [9.17, 15) is 4.79 Å². The highest BCUT2D eigenvalue weighted by molar-refractivity contribution is 5.86. The van der Waals surface area contributed by atoms with E-state index in [4.69, 9.17) is 9.52 Å². The van der Waals surface area contributed by atoms with E-state index in [1.54, 1.807) is 6.07 Å². The maximum atomic E-state index is 10.9. The van der Waals surface area contributed by atoms with Gasteiger partial charge in [-0.1, -0.05) is 30.3 Å². The van der Waals surface area contributed by atoms with Crippen LogP contribution in [-0.2, 0) is 13.0 Å². The van der Waals surface area contributed by atoms with Crippen molar-refractivity contribution in [3.05, 3.63) is 59.5 Å². The van der Waals surface area contributed by atoms with Crippen molar-refractivity contribution in [1.82, 2.24) is 4.90 Å². The molecule has 2 aromatic rings. The molecule has 1 aromatic heterocycles. The Bertz CT molecular complexity index is 533. The van der Waals surface area contributed by atoms with Crippen LogP contribution in [0.15, 0.2) is 47.1 Å². The number of aromatic carboxylic acids is 1. The summed E-state index contributed by atoms with van der Waals surface area (Å²) in [4.78, 5) is 13.0. The standard InChI is InChI=1S/C15H17NO3/c1-16(9-7-12-5-3-2-4-6-12)11-13-8-10-19-14(13)15(17)18/h2-6,8,10H,7,9,11H2,1H3,(H,17,18). The fourth-order valence-corrected chi connectivity index (χ4v) is 1.98. The average molecular weight is 259 g/mol. The van der Waals surface area contributed by atoms with Crippen LogP contribution in [0, 0.1) is 0 Å². The summed E-state index contributed by atoms with van der Waals surface area (Å²) < 4.78 is 4.96. The molecule has 4 nitrogen and oxygen atoms in total. The molecule has 0 radical (unpaired) electrons. The Balaban J connectivity index is 1.89. The van der Waals surface area contributed by atoms with Crippen molar-refractivity contribution < 1.29 is 14.3 Å². The lowest BCUT2D eigenvalue weighted by molar-refractivity contribution is 0.0659. The maximum absolute atomic E-state index is 10.9. The Morgan fingerprint density at radius 1 is 1.26 bits per heavy atom. The molecular weight excluding hydrogens is 242 g/mol. The third-order valence-electron chi connectivity index (χ3n) is 3.01. The van der Waals surface area contributed by atoms with Gasteiger partial charge in [0.15, 0.2) is 0 Å². The van der Waals surface area contributed by atoms with Gasteiger partial charge in [-0.3, -0.25) is 0 Å². The molecule has 2 rings (SSSR count). The monoisotopic (exact) mass is 259 g/mol. The molecule has 0 amide bonds. The second-order valence-electron chi connectivity index (χ2n) is 4.55. The van der Waals surface area contributed by atoms with E-state index in [1.165, 1.54) is 11.8 Å². The molecular formula is C15H17NO3. The van der Waals surface area contributed by atoms with Crippen LogP contribution < -0.4 is 0 Å². The van der Waals surface area contributed by atoms with E-state index in [-0.39, 0.29) is 5.76 Å². The van der Waals surface area contributed by atoms with Gasteiger partial charge in [-0.2, -0.15) is 0 Å². The highest BCUT2D eigenvalue weighted by Gasteiger charge is 2.14. The lowest BCUT2D eigenvalue weighted by Crippen LogP contribution is -2.21. The molecule has 0 fully saturated rings. The molecule has 4 heteroatoms. The van der Waals surface area contributed by atoms with E-state index in [0.29, 0.717) is 12.1 Å². The van der Waals surface area contributed by atoms with Gasteiger partial charge in [0.05, 0.1) is 6.26 Å². The van der Waals surface area contributed by atoms with Crippen LogP contribution in [0.1, 0.15) is 21.7 Å². The number of nitrogens with zero attached hydrogens (tertiary/aromatic N) is 1. The molecule has 0 spiro atoms. The number of rotatable bonds is 6. The van der Waals surface area contributed by atoms with E-state index >= 15 is 0 Å². The third-order valence-corrected chi connectivity index (χ3v) is 3.01. The van der Waals surface area contributed by atoms with Gasteiger partial charge in [0.25, 0.3) is 0 Å². The van der Waals surface area contributed by atoms with E-state index in [0.717, 1.165) is 13.0 Å². The molecule has 0 aliphatic carbocycles. The summed E-state index contributed by atoms with van der Waals surface area (Å²) in [7, 11) is 1.97. The van der Waals surface area contributed by atoms with Crippen molar-refractivity contribution in [2.24, 2.45) is 0 Å². The molecule has 0 saturated carbocycles. The van der Waals surface area contributed by atoms with Crippen LogP contribution in [0.3, 0.4) is 0 Å². The fraction of sp³-hybridized carbons (Fsp3) is 0.267. The third kappa shape index (κ3) is 3.69. The zero-order valence-corrected chi connectivity index (χ0v) is 10.9. The number of likely N-dealkylation sites (N-methyl/N-ethyl adjacent to an activating group) is 1. The fourth-order valence-electron chi connectivity index (χ4n) is 1.98. The highest BCUT2D eigenvalue weighted by Crippen LogP contribution is 2.13. The van der Waals surface area contributed by atoms with Crippen molar-refractivity contribution in [2.45, 2.75) is 13.0 Å². The van der Waals surface area contributed by atoms with E-state index < -0.39 is 5.97 Å². The molecule has 1 heterocycles. The number of hydrogen-bond donors (Lipinski definition) is 1. The number of hydrogen-bond acceptors (Lipinski definition) is 3. The number of carboxylic acid groups (broad SMARTS) is 1. The Hall–Kier alpha value is -2.07. The van der Waals surface area contributed by atoms with Gasteiger partial charge in [0.2, 0.25) is 5.76 Å². The predicted octanol–water partition coefficient (Wildman–Crippen LogP) is 2.65. The molecule has 0 bridgehead atoms. The van der Waals surface area contributed by atoms with Crippen LogP contribution in [0.5, 0.6) is 0 Å². The minimum absolute atomic E-state index is 0.0339. The smallest absolute Gasteiger partial charge is 0.372 e. The maximum Gasteiger partial charge on any atom is 0.372 e. The first-order chi connectivity index (χ1) is 9.16. The second-order valence-corrected chi connectivity index (χ2v) is 4.55. The first-order valence-corrected chi connectivity index (χ1v) is 6.19. The summed E-state index contributed by atoms with van der Waals surface area (Å²) in [6.07, 6.45) is 2.36. The zero-order valence-electron chi connectivity index (χ0n) is 10.9. The van der Waals surface area contributed by atoms with Gasteiger partial charge in [0, 0.05) is 18.7 Å². The second kappa shape index (κ2) is 6.20. The summed E-state index contributed by atoms with van der Waals surface area (Å²) in [5.74, 6) is -0.983. The van der Waals surface area contributed by atoms with Gasteiger partial charge < -0.3 is 14.4 Å². The van der Waals surface area contributed by atoms with Crippen molar-refractivity contribution in [3.8, 4) is 0 Å². The normalized spacial score (nSPS) is 10.8. The number of carboxylic acids is 1. The number of benzene rings is 1. The lowest BCUT2D eigenvalue weighted by Gasteiger charge is -2.15. The van der Waals surface area contributed by atoms with Crippen LogP contribution >= 0.6 is 0 Å². The van der Waals surface area contributed by atoms with Crippen molar-refractivity contribution in [2.75, 3.05) is 13.6 Å². The SMILES string of the molecule is CN(CCc1ccccc1)Cc1ccoc1C(=O)O. The minimum Gasteiger partial charge on any atom is -0.475 e. The van der Waals surface area contributed by atoms with Crippen LogP contribution in [0.25, 0.3) is 0 Å². The summed E-state index contributed by atoms with van der Waals surface area (Å²) >= 11 is 0. The molecule has 0 aliphatic heterocycles. The first kappa shape index (κ1) is 13.4. The molecule has 0 aliphatic rings. The number of carbonyl (C=O) groups is 1. The van der Waals surface area contributed by atoms with Gasteiger partial charge in [-0.05, 0) is 25.1 Å². The summed E-state index contributed by atoms with van der Waals surface area (Å²) in [6, 6.07) is 11.9. The highest BCUT2D eigenvalue weighted by atomic mass is 16.4. The Morgan fingerprint density at radius 3 is 2.68 bits per heavy atom. The van der Waals surface area contributed by atoms with Gasteiger partial charge in [-0.25, -0.2) is 4.79 Å². The lowest BCUT2D eigenvalue weighted by atomic mass is 10.1. The molecule has 0 unspecified atom stereocenters. The van der Waals surface area contributed by atoms with Gasteiger partial charge in [-0.15, -0.1) is 0 Å². The molecule has 1 aromatic carbocycles. The quantitative estimate of drug-likeness (QED) is 0.866. The van der Waals surface area contributed by atoms with Crippen LogP contribution in [0.2, 0.25) is 0 Å². The van der Waals surface area contributed by atoms with Gasteiger partial charge >= 0.3 is 5.97 Å². The zero-order chi connectivity index (χ0) is 13.7. The van der Waals surface area contributed by atoms with Gasteiger partial charge in [0.1, 0.15) is 0 Å². The van der Waals surface area contributed by atoms with Crippen molar-refractivity contribution in [1.29, 1.82) is 0 Å². The first-order valence-electron chi connectivity index (χ1n) is 6.19. The van der Waals surface area contributed by atoms with Crippen LogP contribution in [-0.4, -0.2) is 29.6 Å². The summed E-state index contributed by atoms with van der Waals surface area (Å²) in [5.41, 5.74) is 1.99. The molecule has 100 valence electrons. The topological polar surface area (TPSA) is 53.7 Å². The Labute approximate surface area is 112 Å². The Kier molecular flexibility index (Phi) is 4.36. The summed E-state index contributed by atoms with van der Waals surface area (Å²) in [5, 5.41) is 8.96. The Morgan fingerprint density at radius 2 is 2.00 bits per heavy atom. The van der Waals surface area contributed by atoms with Crippen molar-refractivity contribution >= 4 is 5.97 Å². The van der Waals surface area contributed by atoms with Crippen LogP contribution in [0.4, 0.5) is 0 Å². The average Bonchev–Trinajstić information content (AvgIpc) is 2.86.